The molecular weight excluding hydrogens is 273 g/mol. The Kier molecular flexibility index (Phi) is 2.58. The number of rotatable bonds is 1. The minimum absolute atomic E-state index is 0.339. The van der Waals surface area contributed by atoms with Gasteiger partial charge in [0.2, 0.25) is 5.91 Å². The summed E-state index contributed by atoms with van der Waals surface area (Å²) in [5, 5.41) is 6.03. The first-order chi connectivity index (χ1) is 9.36. The van der Waals surface area contributed by atoms with Crippen LogP contribution in [0.4, 0.5) is 18.9 Å². The molecular formula is C12H9F3N4O. The fourth-order valence-corrected chi connectivity index (χ4v) is 2.04. The molecule has 0 fully saturated rings. The Hall–Kier alpha value is -2.35. The fourth-order valence-electron chi connectivity index (χ4n) is 2.04. The molecule has 2 heterocycles. The highest BCUT2D eigenvalue weighted by Gasteiger charge is 2.34. The first-order valence-electron chi connectivity index (χ1n) is 5.70. The van der Waals surface area contributed by atoms with Gasteiger partial charge in [-0.1, -0.05) is 6.07 Å². The maximum Gasteiger partial charge on any atom is 0.435 e. The van der Waals surface area contributed by atoms with E-state index in [9.17, 15) is 18.0 Å². The van der Waals surface area contributed by atoms with E-state index in [0.717, 1.165) is 10.7 Å². The van der Waals surface area contributed by atoms with E-state index in [-0.39, 0.29) is 5.91 Å². The minimum atomic E-state index is -4.49. The summed E-state index contributed by atoms with van der Waals surface area (Å²) in [6, 6.07) is 4.83. The second kappa shape index (κ2) is 4.07. The highest BCUT2D eigenvalue weighted by Crippen LogP contribution is 2.32. The highest BCUT2D eigenvalue weighted by atomic mass is 19.4. The smallest absolute Gasteiger partial charge is 0.324 e. The molecule has 0 saturated carbocycles. The molecule has 0 radical (unpaired) electrons. The second-order valence-corrected chi connectivity index (χ2v) is 4.38. The van der Waals surface area contributed by atoms with Crippen molar-refractivity contribution in [2.75, 3.05) is 5.32 Å². The van der Waals surface area contributed by atoms with Gasteiger partial charge in [-0.2, -0.15) is 18.3 Å². The third kappa shape index (κ3) is 1.94. The molecule has 8 heteroatoms. The molecule has 3 rings (SSSR count). The zero-order valence-corrected chi connectivity index (χ0v) is 9.98. The summed E-state index contributed by atoms with van der Waals surface area (Å²) in [7, 11) is 0. The Labute approximate surface area is 111 Å². The molecule has 3 N–H and O–H groups in total. The number of carbonyl (C=O) groups excluding carboxylic acids is 1. The van der Waals surface area contributed by atoms with Crippen molar-refractivity contribution >= 4 is 11.6 Å². The highest BCUT2D eigenvalue weighted by molar-refractivity contribution is 6.02. The number of nitrogens with two attached hydrogens (primary N) is 1. The Morgan fingerprint density at radius 2 is 2.05 bits per heavy atom. The molecule has 1 unspecified atom stereocenters. The molecule has 104 valence electrons. The number of anilines is 1. The van der Waals surface area contributed by atoms with Crippen molar-refractivity contribution in [2.24, 2.45) is 5.73 Å². The largest absolute Gasteiger partial charge is 0.435 e. The third-order valence-corrected chi connectivity index (χ3v) is 3.06. The van der Waals surface area contributed by atoms with Gasteiger partial charge in [-0.05, 0) is 18.2 Å². The number of nitrogens with one attached hydrogen (secondary N) is 1. The molecule has 5 nitrogen and oxygen atoms in total. The average molecular weight is 282 g/mol. The maximum absolute atomic E-state index is 12.5. The van der Waals surface area contributed by atoms with Crippen LogP contribution in [0.5, 0.6) is 0 Å². The van der Waals surface area contributed by atoms with Crippen LogP contribution in [0.15, 0.2) is 30.5 Å². The van der Waals surface area contributed by atoms with Crippen LogP contribution < -0.4 is 11.1 Å². The van der Waals surface area contributed by atoms with Gasteiger partial charge in [0.15, 0.2) is 5.69 Å². The van der Waals surface area contributed by atoms with Crippen molar-refractivity contribution in [3.8, 4) is 5.69 Å². The topological polar surface area (TPSA) is 72.9 Å². The molecule has 20 heavy (non-hydrogen) atoms. The zero-order chi connectivity index (χ0) is 14.5. The number of amides is 1. The third-order valence-electron chi connectivity index (χ3n) is 3.06. The van der Waals surface area contributed by atoms with E-state index in [1.807, 2.05) is 0 Å². The van der Waals surface area contributed by atoms with Crippen molar-refractivity contribution < 1.29 is 18.0 Å². The van der Waals surface area contributed by atoms with E-state index in [0.29, 0.717) is 16.9 Å². The van der Waals surface area contributed by atoms with Gasteiger partial charge in [0.25, 0.3) is 0 Å². The van der Waals surface area contributed by atoms with E-state index in [4.69, 9.17) is 5.73 Å². The summed E-state index contributed by atoms with van der Waals surface area (Å²) in [4.78, 5) is 11.4. The lowest BCUT2D eigenvalue weighted by Crippen LogP contribution is -2.19. The van der Waals surface area contributed by atoms with Crippen LogP contribution in [-0.2, 0) is 11.0 Å². The number of hydrogen-bond acceptors (Lipinski definition) is 3. The predicted octanol–water partition coefficient (Wildman–Crippen LogP) is 1.84. The van der Waals surface area contributed by atoms with E-state index in [1.54, 1.807) is 12.1 Å². The SMILES string of the molecule is NC1C(=O)Nc2cc(-n3ccc(C(F)(F)F)n3)ccc21. The normalized spacial score (nSPS) is 18.0. The van der Waals surface area contributed by atoms with Crippen LogP contribution in [-0.4, -0.2) is 15.7 Å². The molecule has 1 aliphatic rings. The van der Waals surface area contributed by atoms with Crippen LogP contribution in [0, 0.1) is 0 Å². The summed E-state index contributed by atoms with van der Waals surface area (Å²) in [5.74, 6) is -0.339. The standard InChI is InChI=1S/C12H9F3N4O/c13-12(14,15)9-3-4-19(18-9)6-1-2-7-8(5-6)17-11(20)10(7)16/h1-5,10H,16H2,(H,17,20). The number of nitrogens with zero attached hydrogens (tertiary/aromatic N) is 2. The monoisotopic (exact) mass is 282 g/mol. The lowest BCUT2D eigenvalue weighted by atomic mass is 10.1. The summed E-state index contributed by atoms with van der Waals surface area (Å²) in [6.45, 7) is 0. The number of aromatic nitrogens is 2. The van der Waals surface area contributed by atoms with E-state index >= 15 is 0 Å². The molecule has 0 bridgehead atoms. The van der Waals surface area contributed by atoms with Crippen LogP contribution in [0.2, 0.25) is 0 Å². The molecule has 1 aromatic heterocycles. The Morgan fingerprint density at radius 1 is 1.30 bits per heavy atom. The summed E-state index contributed by atoms with van der Waals surface area (Å²) < 4.78 is 38.6. The zero-order valence-electron chi connectivity index (χ0n) is 9.98. The fraction of sp³-hybridized carbons (Fsp3) is 0.167. The number of halogens is 3. The predicted molar refractivity (Wildman–Crippen MR) is 64.1 cm³/mol. The Balaban J connectivity index is 1.99. The quantitative estimate of drug-likeness (QED) is 0.838. The van der Waals surface area contributed by atoms with E-state index in [1.165, 1.54) is 12.3 Å². The van der Waals surface area contributed by atoms with Crippen molar-refractivity contribution in [3.05, 3.63) is 41.7 Å². The second-order valence-electron chi connectivity index (χ2n) is 4.38. The van der Waals surface area contributed by atoms with Gasteiger partial charge in [-0.15, -0.1) is 0 Å². The van der Waals surface area contributed by atoms with Crippen molar-refractivity contribution in [3.63, 3.8) is 0 Å². The molecule has 1 atom stereocenters. The van der Waals surface area contributed by atoms with Crippen LogP contribution in [0.25, 0.3) is 5.69 Å². The van der Waals surface area contributed by atoms with Gasteiger partial charge in [0, 0.05) is 17.4 Å². The van der Waals surface area contributed by atoms with Gasteiger partial charge in [-0.3, -0.25) is 4.79 Å². The van der Waals surface area contributed by atoms with Crippen LogP contribution in [0.1, 0.15) is 17.3 Å². The molecule has 0 saturated heterocycles. The Bertz CT molecular complexity index is 692. The number of benzene rings is 1. The first kappa shape index (κ1) is 12.7. The number of fused-ring (bicyclic) bond motifs is 1. The first-order valence-corrected chi connectivity index (χ1v) is 5.70. The van der Waals surface area contributed by atoms with Gasteiger partial charge in [0.05, 0.1) is 5.69 Å². The van der Waals surface area contributed by atoms with Crippen molar-refractivity contribution in [1.82, 2.24) is 9.78 Å². The molecule has 2 aromatic rings. The number of alkyl halides is 3. The molecule has 0 aliphatic carbocycles. The molecule has 0 spiro atoms. The number of carbonyl (C=O) groups is 1. The van der Waals surface area contributed by atoms with Gasteiger partial charge < -0.3 is 11.1 Å². The minimum Gasteiger partial charge on any atom is -0.324 e. The average Bonchev–Trinajstić information content (AvgIpc) is 2.95. The summed E-state index contributed by atoms with van der Waals surface area (Å²) in [6.07, 6.45) is -3.28. The van der Waals surface area contributed by atoms with Crippen molar-refractivity contribution in [1.29, 1.82) is 0 Å². The van der Waals surface area contributed by atoms with Gasteiger partial charge >= 0.3 is 6.18 Å². The molecule has 1 amide bonds. The lowest BCUT2D eigenvalue weighted by molar-refractivity contribution is -0.141. The Morgan fingerprint density at radius 3 is 2.70 bits per heavy atom. The lowest BCUT2D eigenvalue weighted by Gasteiger charge is -2.06. The van der Waals surface area contributed by atoms with Crippen LogP contribution >= 0.6 is 0 Å². The maximum atomic E-state index is 12.5. The molecule has 1 aromatic carbocycles. The van der Waals surface area contributed by atoms with E-state index in [2.05, 4.69) is 10.4 Å². The summed E-state index contributed by atoms with van der Waals surface area (Å²) in [5.41, 5.74) is 6.20. The number of hydrogen-bond donors (Lipinski definition) is 2. The van der Waals surface area contributed by atoms with Gasteiger partial charge in [-0.25, -0.2) is 4.68 Å². The van der Waals surface area contributed by atoms with Crippen molar-refractivity contribution in [2.45, 2.75) is 12.2 Å². The molecule has 1 aliphatic heterocycles. The van der Waals surface area contributed by atoms with Crippen LogP contribution in [0.3, 0.4) is 0 Å². The van der Waals surface area contributed by atoms with E-state index < -0.39 is 17.9 Å². The van der Waals surface area contributed by atoms with Gasteiger partial charge in [0.1, 0.15) is 6.04 Å². The summed E-state index contributed by atoms with van der Waals surface area (Å²) >= 11 is 0.